The van der Waals surface area contributed by atoms with E-state index in [1.807, 2.05) is 25.1 Å². The Hall–Kier alpha value is -2.24. The van der Waals surface area contributed by atoms with Gasteiger partial charge in [-0.05, 0) is 62.6 Å². The molecule has 6 heteroatoms. The van der Waals surface area contributed by atoms with Gasteiger partial charge in [-0.25, -0.2) is 4.79 Å². The van der Waals surface area contributed by atoms with Crippen LogP contribution in [-0.2, 0) is 4.79 Å². The van der Waals surface area contributed by atoms with Crippen molar-refractivity contribution in [1.29, 1.82) is 0 Å². The molecule has 1 aromatic rings. The number of carbonyl (C=O) groups is 2. The van der Waals surface area contributed by atoms with E-state index in [4.69, 9.17) is 4.74 Å². The summed E-state index contributed by atoms with van der Waals surface area (Å²) in [6.45, 7) is 4.92. The zero-order valence-corrected chi connectivity index (χ0v) is 16.3. The number of hydrogen-bond acceptors (Lipinski definition) is 3. The third kappa shape index (κ3) is 3.62. The van der Waals surface area contributed by atoms with Gasteiger partial charge >= 0.3 is 6.03 Å². The van der Waals surface area contributed by atoms with Crippen LogP contribution in [0.5, 0.6) is 5.75 Å². The van der Waals surface area contributed by atoms with Crippen molar-refractivity contribution < 1.29 is 14.3 Å². The van der Waals surface area contributed by atoms with Gasteiger partial charge in [-0.1, -0.05) is 6.07 Å². The fraction of sp³-hybridized carbons (Fsp3) is 0.619. The Labute approximate surface area is 160 Å². The third-order valence-electron chi connectivity index (χ3n) is 6.24. The van der Waals surface area contributed by atoms with E-state index >= 15 is 0 Å². The predicted octanol–water partition coefficient (Wildman–Crippen LogP) is 3.26. The van der Waals surface area contributed by atoms with Crippen LogP contribution in [0.25, 0.3) is 0 Å². The first-order chi connectivity index (χ1) is 13.0. The first kappa shape index (κ1) is 18.1. The summed E-state index contributed by atoms with van der Waals surface area (Å²) in [4.78, 5) is 29.8. The Morgan fingerprint density at radius 3 is 2.85 bits per heavy atom. The molecule has 2 heterocycles. The van der Waals surface area contributed by atoms with Crippen molar-refractivity contribution in [3.05, 3.63) is 23.8 Å². The highest BCUT2D eigenvalue weighted by Gasteiger charge is 2.50. The molecule has 0 bridgehead atoms. The number of ether oxygens (including phenoxy) is 1. The summed E-state index contributed by atoms with van der Waals surface area (Å²) in [6, 6.07) is 5.57. The predicted molar refractivity (Wildman–Crippen MR) is 104 cm³/mol. The highest BCUT2D eigenvalue weighted by molar-refractivity contribution is 5.92. The number of benzene rings is 1. The lowest BCUT2D eigenvalue weighted by Crippen LogP contribution is -2.51. The maximum Gasteiger partial charge on any atom is 0.321 e. The van der Waals surface area contributed by atoms with Crippen LogP contribution in [0.2, 0.25) is 0 Å². The Morgan fingerprint density at radius 2 is 2.11 bits per heavy atom. The van der Waals surface area contributed by atoms with Gasteiger partial charge in [0.05, 0.1) is 18.2 Å². The molecular formula is C21H29N3O3. The van der Waals surface area contributed by atoms with Gasteiger partial charge in [0.2, 0.25) is 5.91 Å². The molecule has 1 N–H and O–H groups in total. The average molecular weight is 371 g/mol. The Bertz CT molecular complexity index is 746. The molecule has 146 valence electrons. The summed E-state index contributed by atoms with van der Waals surface area (Å²) in [5.41, 5.74) is 1.36. The zero-order valence-electron chi connectivity index (χ0n) is 16.3. The van der Waals surface area contributed by atoms with E-state index in [0.29, 0.717) is 30.4 Å². The lowest BCUT2D eigenvalue weighted by molar-refractivity contribution is -0.145. The molecule has 1 aromatic carbocycles. The number of amides is 3. The number of nitrogens with zero attached hydrogens (tertiary/aromatic N) is 2. The van der Waals surface area contributed by atoms with Crippen molar-refractivity contribution in [2.75, 3.05) is 38.6 Å². The number of anilines is 1. The fourth-order valence-corrected chi connectivity index (χ4v) is 4.48. The molecule has 3 amide bonds. The molecule has 27 heavy (non-hydrogen) atoms. The van der Waals surface area contributed by atoms with Crippen molar-refractivity contribution in [2.45, 2.75) is 39.0 Å². The number of methoxy groups -OCH3 is 1. The van der Waals surface area contributed by atoms with E-state index in [1.165, 1.54) is 12.8 Å². The SMILES string of the molecule is COc1ccc(C)cc1NC(=O)N1CC[C@@]2(CCCN(CC3CC3)C2=O)C1. The maximum atomic E-state index is 13.1. The van der Waals surface area contributed by atoms with Crippen LogP contribution < -0.4 is 10.1 Å². The number of hydrogen-bond donors (Lipinski definition) is 1. The van der Waals surface area contributed by atoms with E-state index in [9.17, 15) is 9.59 Å². The number of piperidine rings is 1. The van der Waals surface area contributed by atoms with Gasteiger partial charge in [-0.2, -0.15) is 0 Å². The quantitative estimate of drug-likeness (QED) is 0.884. The summed E-state index contributed by atoms with van der Waals surface area (Å²) in [5.74, 6) is 1.62. The van der Waals surface area contributed by atoms with Gasteiger partial charge in [0.15, 0.2) is 0 Å². The van der Waals surface area contributed by atoms with Gasteiger partial charge in [-0.3, -0.25) is 4.79 Å². The number of urea groups is 1. The smallest absolute Gasteiger partial charge is 0.321 e. The molecule has 2 saturated heterocycles. The van der Waals surface area contributed by atoms with E-state index in [1.54, 1.807) is 12.0 Å². The minimum Gasteiger partial charge on any atom is -0.495 e. The van der Waals surface area contributed by atoms with Crippen molar-refractivity contribution in [3.8, 4) is 5.75 Å². The topological polar surface area (TPSA) is 61.9 Å². The molecule has 4 rings (SSSR count). The Morgan fingerprint density at radius 1 is 1.30 bits per heavy atom. The van der Waals surface area contributed by atoms with E-state index in [0.717, 1.165) is 37.9 Å². The summed E-state index contributed by atoms with van der Waals surface area (Å²) in [6.07, 6.45) is 5.21. The van der Waals surface area contributed by atoms with E-state index in [2.05, 4.69) is 10.2 Å². The standard InChI is InChI=1S/C21H29N3O3/c1-15-4-7-18(27-2)17(12-15)22-20(26)24-11-9-21(14-24)8-3-10-23(19(21)25)13-16-5-6-16/h4,7,12,16H,3,5-6,8-11,13-14H2,1-2H3,(H,22,26)/t21-/m0/s1. The number of rotatable bonds is 4. The molecule has 1 saturated carbocycles. The van der Waals surface area contributed by atoms with E-state index < -0.39 is 0 Å². The van der Waals surface area contributed by atoms with Crippen molar-refractivity contribution >= 4 is 17.6 Å². The van der Waals surface area contributed by atoms with Gasteiger partial charge in [0.1, 0.15) is 5.75 Å². The summed E-state index contributed by atoms with van der Waals surface area (Å²) in [5, 5.41) is 2.97. The highest BCUT2D eigenvalue weighted by atomic mass is 16.5. The van der Waals surface area contributed by atoms with Crippen LogP contribution >= 0.6 is 0 Å². The molecule has 1 aliphatic carbocycles. The Balaban J connectivity index is 1.43. The summed E-state index contributed by atoms with van der Waals surface area (Å²) in [7, 11) is 1.60. The summed E-state index contributed by atoms with van der Waals surface area (Å²) >= 11 is 0. The van der Waals surface area contributed by atoms with Crippen molar-refractivity contribution in [2.24, 2.45) is 11.3 Å². The first-order valence-corrected chi connectivity index (χ1v) is 10.0. The van der Waals surface area contributed by atoms with Gasteiger partial charge in [0, 0.05) is 26.2 Å². The second-order valence-electron chi connectivity index (χ2n) is 8.38. The van der Waals surface area contributed by atoms with Crippen molar-refractivity contribution in [1.82, 2.24) is 9.80 Å². The molecule has 1 spiro atoms. The molecule has 0 aromatic heterocycles. The summed E-state index contributed by atoms with van der Waals surface area (Å²) < 4.78 is 5.35. The van der Waals surface area contributed by atoms with Crippen LogP contribution in [0.1, 0.15) is 37.7 Å². The molecule has 0 unspecified atom stereocenters. The van der Waals surface area contributed by atoms with Crippen LogP contribution in [0.4, 0.5) is 10.5 Å². The minimum atomic E-state index is -0.374. The van der Waals surface area contributed by atoms with Crippen LogP contribution in [0.15, 0.2) is 18.2 Å². The largest absolute Gasteiger partial charge is 0.495 e. The van der Waals surface area contributed by atoms with Crippen LogP contribution in [-0.4, -0.2) is 55.0 Å². The van der Waals surface area contributed by atoms with Gasteiger partial charge in [0.25, 0.3) is 0 Å². The average Bonchev–Trinajstić information content (AvgIpc) is 3.36. The number of nitrogens with one attached hydrogen (secondary N) is 1. The zero-order chi connectivity index (χ0) is 19.0. The van der Waals surface area contributed by atoms with Crippen LogP contribution in [0.3, 0.4) is 0 Å². The second kappa shape index (κ2) is 7.06. The van der Waals surface area contributed by atoms with Gasteiger partial charge in [-0.15, -0.1) is 0 Å². The van der Waals surface area contributed by atoms with Crippen LogP contribution in [0, 0.1) is 18.3 Å². The number of carbonyl (C=O) groups excluding carboxylic acids is 2. The van der Waals surface area contributed by atoms with E-state index in [-0.39, 0.29) is 17.4 Å². The number of aryl methyl sites for hydroxylation is 1. The fourth-order valence-electron chi connectivity index (χ4n) is 4.48. The highest BCUT2D eigenvalue weighted by Crippen LogP contribution is 2.42. The minimum absolute atomic E-state index is 0.150. The molecule has 3 aliphatic rings. The lowest BCUT2D eigenvalue weighted by Gasteiger charge is -2.39. The Kier molecular flexibility index (Phi) is 4.74. The first-order valence-electron chi connectivity index (χ1n) is 10.0. The normalized spacial score (nSPS) is 25.2. The van der Waals surface area contributed by atoms with Gasteiger partial charge < -0.3 is 19.9 Å². The third-order valence-corrected chi connectivity index (χ3v) is 6.24. The molecule has 1 atom stereocenters. The monoisotopic (exact) mass is 371 g/mol. The number of likely N-dealkylation sites (tertiary alicyclic amines) is 2. The molecule has 2 aliphatic heterocycles. The van der Waals surface area contributed by atoms with Crippen molar-refractivity contribution in [3.63, 3.8) is 0 Å². The molecular weight excluding hydrogens is 342 g/mol. The molecule has 0 radical (unpaired) electrons. The molecule has 3 fully saturated rings. The maximum absolute atomic E-state index is 13.1. The molecule has 6 nitrogen and oxygen atoms in total. The lowest BCUT2D eigenvalue weighted by atomic mass is 9.78. The second-order valence-corrected chi connectivity index (χ2v) is 8.38.